The maximum atomic E-state index is 12.9. The number of rotatable bonds is 8. The summed E-state index contributed by atoms with van der Waals surface area (Å²) in [5, 5.41) is 14.1. The number of hydrogen-bond acceptors (Lipinski definition) is 6. The number of hydrazone groups is 1. The second kappa shape index (κ2) is 9.33. The zero-order chi connectivity index (χ0) is 24.6. The van der Waals surface area contributed by atoms with E-state index >= 15 is 0 Å². The molecule has 1 aromatic heterocycles. The Morgan fingerprint density at radius 1 is 1.11 bits per heavy atom. The quantitative estimate of drug-likeness (QED) is 0.461. The van der Waals surface area contributed by atoms with Gasteiger partial charge in [0.1, 0.15) is 5.82 Å². The molecule has 7 nitrogen and oxygen atoms in total. The number of nitrogens with one attached hydrogen (secondary N) is 1. The SMILES string of the molecule is O=CC1N(Cc2nc(CCc3cccc(C(F)(F)F)c3)n[nH]2)N=C(c2ccc(Cl)cc2)N1C1CC1. The molecular weight excluding hydrogens is 481 g/mol. The molecule has 1 aliphatic carbocycles. The Labute approximate surface area is 204 Å². The second-order valence-electron chi connectivity index (χ2n) is 8.61. The van der Waals surface area contributed by atoms with Gasteiger partial charge in [-0.1, -0.05) is 29.8 Å². The molecule has 5 rings (SSSR count). The number of aryl methyl sites for hydroxylation is 2. The second-order valence-corrected chi connectivity index (χ2v) is 9.05. The van der Waals surface area contributed by atoms with Gasteiger partial charge in [0.25, 0.3) is 0 Å². The summed E-state index contributed by atoms with van der Waals surface area (Å²) in [4.78, 5) is 18.5. The molecule has 3 aromatic rings. The number of carbonyl (C=O) groups is 1. The Balaban J connectivity index is 1.29. The summed E-state index contributed by atoms with van der Waals surface area (Å²) in [6.45, 7) is 0.236. The minimum Gasteiger partial charge on any atom is -0.324 e. The van der Waals surface area contributed by atoms with Crippen LogP contribution in [0.15, 0.2) is 53.6 Å². The first-order valence-corrected chi connectivity index (χ1v) is 11.6. The van der Waals surface area contributed by atoms with Crippen LogP contribution in [0.5, 0.6) is 0 Å². The number of aromatic nitrogens is 3. The van der Waals surface area contributed by atoms with Gasteiger partial charge in [0.05, 0.1) is 12.1 Å². The number of H-pyrrole nitrogens is 1. The molecule has 1 aliphatic heterocycles. The highest BCUT2D eigenvalue weighted by atomic mass is 35.5. The summed E-state index contributed by atoms with van der Waals surface area (Å²) in [7, 11) is 0. The van der Waals surface area contributed by atoms with E-state index in [1.54, 1.807) is 23.2 Å². The molecule has 35 heavy (non-hydrogen) atoms. The van der Waals surface area contributed by atoms with Gasteiger partial charge in [-0.15, -0.1) is 0 Å². The summed E-state index contributed by atoms with van der Waals surface area (Å²) in [5.41, 5.74) is 0.758. The van der Waals surface area contributed by atoms with Crippen molar-refractivity contribution < 1.29 is 18.0 Å². The number of carbonyl (C=O) groups excluding carboxylic acids is 1. The lowest BCUT2D eigenvalue weighted by Crippen LogP contribution is -2.44. The zero-order valence-electron chi connectivity index (χ0n) is 18.5. The van der Waals surface area contributed by atoms with Gasteiger partial charge < -0.3 is 4.90 Å². The van der Waals surface area contributed by atoms with E-state index in [-0.39, 0.29) is 12.6 Å². The third-order valence-corrected chi connectivity index (χ3v) is 6.26. The molecule has 2 aromatic carbocycles. The normalized spacial score (nSPS) is 18.2. The first-order chi connectivity index (χ1) is 16.8. The van der Waals surface area contributed by atoms with E-state index in [4.69, 9.17) is 16.7 Å². The van der Waals surface area contributed by atoms with Crippen LogP contribution >= 0.6 is 11.6 Å². The third-order valence-electron chi connectivity index (χ3n) is 6.00. The van der Waals surface area contributed by atoms with Gasteiger partial charge in [0, 0.05) is 23.0 Å². The maximum Gasteiger partial charge on any atom is 0.416 e. The lowest BCUT2D eigenvalue weighted by molar-refractivity contribution is -0.137. The molecular formula is C24H22ClF3N6O. The van der Waals surface area contributed by atoms with Crippen molar-refractivity contribution in [3.8, 4) is 0 Å². The first kappa shape index (κ1) is 23.3. The van der Waals surface area contributed by atoms with E-state index < -0.39 is 17.9 Å². The van der Waals surface area contributed by atoms with Crippen LogP contribution in [0.2, 0.25) is 5.02 Å². The Hall–Kier alpha value is -3.40. The standard InChI is InChI=1S/C24H22ClF3N6O/c25-18-7-5-16(6-8-18)23-32-33(22(14-35)34(23)19-9-10-19)13-21-29-20(30-31-21)11-4-15-2-1-3-17(12-15)24(26,27)28/h1-3,5-8,12,14,19,22H,4,9-11,13H2,(H,29,30,31). The fourth-order valence-corrected chi connectivity index (χ4v) is 4.27. The van der Waals surface area contributed by atoms with Crippen LogP contribution in [-0.4, -0.2) is 49.4 Å². The lowest BCUT2D eigenvalue weighted by Gasteiger charge is -2.27. The van der Waals surface area contributed by atoms with E-state index in [1.165, 1.54) is 6.07 Å². The number of aromatic amines is 1. The molecule has 1 unspecified atom stereocenters. The summed E-state index contributed by atoms with van der Waals surface area (Å²) in [6, 6.07) is 12.8. The van der Waals surface area contributed by atoms with Crippen molar-refractivity contribution >= 4 is 23.7 Å². The van der Waals surface area contributed by atoms with Crippen molar-refractivity contribution in [1.29, 1.82) is 0 Å². The minimum atomic E-state index is -4.38. The van der Waals surface area contributed by atoms with Crippen LogP contribution in [0.1, 0.15) is 41.2 Å². The van der Waals surface area contributed by atoms with Crippen molar-refractivity contribution in [2.24, 2.45) is 5.10 Å². The summed E-state index contributed by atoms with van der Waals surface area (Å²) < 4.78 is 38.8. The van der Waals surface area contributed by atoms with Crippen LogP contribution in [0.25, 0.3) is 0 Å². The Morgan fingerprint density at radius 2 is 1.89 bits per heavy atom. The van der Waals surface area contributed by atoms with Gasteiger partial charge in [-0.25, -0.2) is 4.98 Å². The number of amidine groups is 1. The average molecular weight is 503 g/mol. The Bertz CT molecular complexity index is 1240. The molecule has 2 heterocycles. The lowest BCUT2D eigenvalue weighted by atomic mass is 10.1. The third kappa shape index (κ3) is 5.17. The van der Waals surface area contributed by atoms with Crippen LogP contribution in [0.3, 0.4) is 0 Å². The molecule has 1 N–H and O–H groups in total. The molecule has 0 saturated heterocycles. The first-order valence-electron chi connectivity index (χ1n) is 11.2. The zero-order valence-corrected chi connectivity index (χ0v) is 19.3. The fourth-order valence-electron chi connectivity index (χ4n) is 4.14. The van der Waals surface area contributed by atoms with E-state index in [9.17, 15) is 18.0 Å². The molecule has 11 heteroatoms. The van der Waals surface area contributed by atoms with Gasteiger partial charge >= 0.3 is 6.18 Å². The minimum absolute atomic E-state index is 0.236. The van der Waals surface area contributed by atoms with E-state index in [2.05, 4.69) is 15.2 Å². The van der Waals surface area contributed by atoms with Crippen molar-refractivity contribution in [3.05, 3.63) is 81.9 Å². The Kier molecular flexibility index (Phi) is 6.22. The summed E-state index contributed by atoms with van der Waals surface area (Å²) in [5.74, 6) is 1.72. The van der Waals surface area contributed by atoms with Crippen LogP contribution < -0.4 is 0 Å². The van der Waals surface area contributed by atoms with Crippen LogP contribution in [0.4, 0.5) is 13.2 Å². The maximum absolute atomic E-state index is 12.9. The molecule has 1 atom stereocenters. The van der Waals surface area contributed by atoms with Crippen LogP contribution in [0, 0.1) is 0 Å². The van der Waals surface area contributed by atoms with Gasteiger partial charge in [-0.05, 0) is 55.2 Å². The molecule has 1 saturated carbocycles. The van der Waals surface area contributed by atoms with E-state index in [0.29, 0.717) is 40.9 Å². The number of nitrogens with zero attached hydrogens (tertiary/aromatic N) is 5. The smallest absolute Gasteiger partial charge is 0.324 e. The largest absolute Gasteiger partial charge is 0.416 e. The van der Waals surface area contributed by atoms with E-state index in [1.807, 2.05) is 17.0 Å². The van der Waals surface area contributed by atoms with Crippen molar-refractivity contribution in [2.45, 2.75) is 50.6 Å². The Morgan fingerprint density at radius 3 is 2.57 bits per heavy atom. The number of benzene rings is 2. The summed E-state index contributed by atoms with van der Waals surface area (Å²) in [6.07, 6.45) is -1.33. The van der Waals surface area contributed by atoms with E-state index in [0.717, 1.165) is 36.8 Å². The molecule has 0 radical (unpaired) electrons. The highest BCUT2D eigenvalue weighted by molar-refractivity contribution is 6.30. The van der Waals surface area contributed by atoms with Gasteiger partial charge in [0.15, 0.2) is 24.1 Å². The molecule has 182 valence electrons. The molecule has 0 amide bonds. The number of alkyl halides is 3. The van der Waals surface area contributed by atoms with Crippen molar-refractivity contribution in [1.82, 2.24) is 25.1 Å². The molecule has 0 bridgehead atoms. The number of hydrogen-bond donors (Lipinski definition) is 1. The monoisotopic (exact) mass is 502 g/mol. The highest BCUT2D eigenvalue weighted by Crippen LogP contribution is 2.35. The number of aldehydes is 1. The molecule has 2 aliphatic rings. The highest BCUT2D eigenvalue weighted by Gasteiger charge is 2.43. The predicted molar refractivity (Wildman–Crippen MR) is 123 cm³/mol. The van der Waals surface area contributed by atoms with Crippen molar-refractivity contribution in [3.63, 3.8) is 0 Å². The van der Waals surface area contributed by atoms with Gasteiger partial charge in [-0.2, -0.15) is 23.4 Å². The van der Waals surface area contributed by atoms with Gasteiger partial charge in [0.2, 0.25) is 0 Å². The molecule has 1 fully saturated rings. The van der Waals surface area contributed by atoms with Crippen LogP contribution in [-0.2, 0) is 30.4 Å². The topological polar surface area (TPSA) is 77.5 Å². The average Bonchev–Trinajstić information content (AvgIpc) is 3.47. The number of halogens is 4. The van der Waals surface area contributed by atoms with Gasteiger partial charge in [-0.3, -0.25) is 14.9 Å². The molecule has 0 spiro atoms. The fraction of sp³-hybridized carbons (Fsp3) is 0.333. The van der Waals surface area contributed by atoms with Crippen molar-refractivity contribution in [2.75, 3.05) is 0 Å². The summed E-state index contributed by atoms with van der Waals surface area (Å²) >= 11 is 6.03. The predicted octanol–water partition coefficient (Wildman–Crippen LogP) is 4.43.